The largest absolute Gasteiger partial charge is 0.458 e. The fourth-order valence-electron chi connectivity index (χ4n) is 7.22. The van der Waals surface area contributed by atoms with Gasteiger partial charge in [0.15, 0.2) is 0 Å². The Labute approximate surface area is 439 Å². The van der Waals surface area contributed by atoms with Gasteiger partial charge in [-0.2, -0.15) is 0 Å². The van der Waals surface area contributed by atoms with E-state index in [0.29, 0.717) is 12.2 Å². The van der Waals surface area contributed by atoms with E-state index in [0.717, 1.165) is 32.0 Å². The monoisotopic (exact) mass is 1040 g/mol. The molecule has 1 aliphatic heterocycles. The molecule has 73 heavy (non-hydrogen) atoms. The summed E-state index contributed by atoms with van der Waals surface area (Å²) in [6, 6.07) is -8.76. The van der Waals surface area contributed by atoms with Gasteiger partial charge in [0.1, 0.15) is 61.0 Å². The van der Waals surface area contributed by atoms with Crippen LogP contribution in [0.3, 0.4) is 0 Å². The molecule has 0 radical (unpaired) electrons. The predicted octanol–water partition coefficient (Wildman–Crippen LogP) is 4.13. The van der Waals surface area contributed by atoms with Crippen molar-refractivity contribution in [3.05, 3.63) is 0 Å². The molecular formula is C53H103N9O11. The SMILES string of the molecule is C.C.CC(C)C[C@H](N)C=O.CCCCC(C)CC(=O)N[C@@H]1C(=O)N[C@@H](C)C(=O)NC(CC(C)C)C(=O)NC(CC(C)C)C(=O)NC(CC(C)C)C(=O)NC(CC(C)C)C(=O)N[C@@H](C)C(=O)O[C@@H]1C.C[C@H](N)C=O. The summed E-state index contributed by atoms with van der Waals surface area (Å²) in [5.41, 5.74) is 10.2. The topological polar surface area (TPSA) is 316 Å². The summed E-state index contributed by atoms with van der Waals surface area (Å²) in [4.78, 5) is 129. The number of ether oxygens (including phenoxy) is 1. The fraction of sp³-hybridized carbons (Fsp3) is 0.811. The maximum absolute atomic E-state index is 13.9. The molecule has 0 aliphatic carbocycles. The summed E-state index contributed by atoms with van der Waals surface area (Å²) >= 11 is 0. The summed E-state index contributed by atoms with van der Waals surface area (Å²) in [5, 5.41) is 18.9. The minimum atomic E-state index is -1.43. The molecule has 1 saturated heterocycles. The molecule has 0 aromatic heterocycles. The van der Waals surface area contributed by atoms with Crippen molar-refractivity contribution < 1.29 is 52.7 Å². The van der Waals surface area contributed by atoms with Gasteiger partial charge in [-0.15, -0.1) is 0 Å². The molecule has 5 unspecified atom stereocenters. The highest BCUT2D eigenvalue weighted by Crippen LogP contribution is 2.15. The Morgan fingerprint density at radius 3 is 1.23 bits per heavy atom. The van der Waals surface area contributed by atoms with E-state index in [4.69, 9.17) is 16.2 Å². The van der Waals surface area contributed by atoms with E-state index in [-0.39, 0.29) is 88.6 Å². The Hall–Kier alpha value is -4.98. The quantitative estimate of drug-likeness (QED) is 0.0690. The Bertz CT molecular complexity index is 1670. The Morgan fingerprint density at radius 2 is 0.918 bits per heavy atom. The summed E-state index contributed by atoms with van der Waals surface area (Å²) in [6.45, 7) is 28.9. The Kier molecular flexibility index (Phi) is 40.3. The van der Waals surface area contributed by atoms with Gasteiger partial charge < -0.3 is 63.0 Å². The zero-order chi connectivity index (χ0) is 55.3. The lowest BCUT2D eigenvalue weighted by atomic mass is 9.98. The van der Waals surface area contributed by atoms with Crippen LogP contribution in [0.4, 0.5) is 0 Å². The first kappa shape index (κ1) is 74.5. The van der Waals surface area contributed by atoms with E-state index in [2.05, 4.69) is 37.2 Å². The van der Waals surface area contributed by atoms with E-state index in [1.807, 2.05) is 83.1 Å². The fourth-order valence-corrected chi connectivity index (χ4v) is 7.22. The minimum absolute atomic E-state index is 0. The molecule has 20 heteroatoms. The number of unbranched alkanes of at least 4 members (excludes halogenated alkanes) is 1. The average Bonchev–Trinajstić information content (AvgIpc) is 3.25. The van der Waals surface area contributed by atoms with Crippen molar-refractivity contribution in [2.24, 2.45) is 47.0 Å². The third-order valence-corrected chi connectivity index (χ3v) is 10.9. The van der Waals surface area contributed by atoms with Gasteiger partial charge in [0.05, 0.1) is 12.1 Å². The summed E-state index contributed by atoms with van der Waals surface area (Å²) in [5.74, 6) is -5.09. The zero-order valence-electron chi connectivity index (χ0n) is 45.9. The van der Waals surface area contributed by atoms with E-state index in [9.17, 15) is 47.9 Å². The van der Waals surface area contributed by atoms with Gasteiger partial charge in [-0.25, -0.2) is 4.79 Å². The van der Waals surface area contributed by atoms with Crippen LogP contribution in [0.25, 0.3) is 0 Å². The Balaban J connectivity index is -0.00000139. The molecule has 20 nitrogen and oxygen atoms in total. The highest BCUT2D eigenvalue weighted by Gasteiger charge is 2.37. The maximum atomic E-state index is 13.9. The number of carbonyl (C=O) groups excluding carboxylic acids is 10. The van der Waals surface area contributed by atoms with Gasteiger partial charge in [-0.1, -0.05) is 117 Å². The number of hydrogen-bond acceptors (Lipinski definition) is 13. The Morgan fingerprint density at radius 1 is 0.562 bits per heavy atom. The standard InChI is InChI=1S/C42H75N7O9.C6H13NO.C3H7NO.2CH4/c1-14-15-16-26(10)21-34(50)49-35-29(13)58-42(57)28(12)44-37(52)30(17-22(2)3)46-39(54)32(19-24(6)7)48-40(55)33(20-25(8)9)47-38(53)31(18-23(4)5)45-36(51)27(11)43-41(35)56;1-5(2)3-6(7)4-8;1-3(4)2-5;;/h22-33,35H,14-21H2,1-13H3,(H,43,56)(H,44,52)(H,45,51)(H,46,54)(H,47,53)(H,48,55)(H,49,50);4-6H,3,7H2,1-2H3;2-3H,4H2,1H3;2*1H4/t26?,27-,28-,29+,30?,31?,32?,33?,35-;6-;3-;;/m000../s1. The molecule has 0 saturated carbocycles. The summed E-state index contributed by atoms with van der Waals surface area (Å²) in [6.07, 6.45) is 4.66. The lowest BCUT2D eigenvalue weighted by molar-refractivity contribution is -0.155. The molecule has 0 bridgehead atoms. The lowest BCUT2D eigenvalue weighted by Gasteiger charge is -2.30. The summed E-state index contributed by atoms with van der Waals surface area (Å²) in [7, 11) is 0. The molecule has 1 rings (SSSR count). The number of nitrogens with two attached hydrogens (primary N) is 2. The predicted molar refractivity (Wildman–Crippen MR) is 288 cm³/mol. The van der Waals surface area contributed by atoms with Gasteiger partial charge in [0.25, 0.3) is 0 Å². The zero-order valence-corrected chi connectivity index (χ0v) is 45.9. The molecular weight excluding hydrogens is 939 g/mol. The van der Waals surface area contributed by atoms with Crippen LogP contribution in [-0.2, 0) is 52.7 Å². The molecule has 0 aromatic rings. The number of esters is 1. The van der Waals surface area contributed by atoms with E-state index < -0.39 is 95.7 Å². The van der Waals surface area contributed by atoms with Gasteiger partial charge in [0.2, 0.25) is 41.4 Å². The number of cyclic esters (lactones) is 1. The molecule has 11 atom stereocenters. The van der Waals surface area contributed by atoms with Crippen LogP contribution in [0.15, 0.2) is 0 Å². The second-order valence-corrected chi connectivity index (χ2v) is 21.3. The van der Waals surface area contributed by atoms with Gasteiger partial charge in [-0.3, -0.25) is 33.6 Å². The van der Waals surface area contributed by atoms with Gasteiger partial charge >= 0.3 is 5.97 Å². The molecule has 426 valence electrons. The maximum Gasteiger partial charge on any atom is 0.328 e. The number of rotatable bonds is 18. The molecule has 1 aliphatic rings. The van der Waals surface area contributed by atoms with Crippen LogP contribution in [0.2, 0.25) is 0 Å². The number of amides is 7. The van der Waals surface area contributed by atoms with Gasteiger partial charge in [0, 0.05) is 6.42 Å². The third-order valence-electron chi connectivity index (χ3n) is 10.9. The van der Waals surface area contributed by atoms with E-state index in [1.54, 1.807) is 6.92 Å². The highest BCUT2D eigenvalue weighted by molar-refractivity contribution is 5.97. The highest BCUT2D eigenvalue weighted by atomic mass is 16.5. The number of hydrogen-bond donors (Lipinski definition) is 9. The van der Waals surface area contributed by atoms with Crippen LogP contribution >= 0.6 is 0 Å². The lowest BCUT2D eigenvalue weighted by Crippen LogP contribution is -2.61. The van der Waals surface area contributed by atoms with Crippen molar-refractivity contribution in [1.82, 2.24) is 37.2 Å². The van der Waals surface area contributed by atoms with Crippen molar-refractivity contribution in [2.45, 2.75) is 244 Å². The van der Waals surface area contributed by atoms with Crippen molar-refractivity contribution in [2.75, 3.05) is 0 Å². The van der Waals surface area contributed by atoms with Crippen LogP contribution in [0, 0.1) is 35.5 Å². The van der Waals surface area contributed by atoms with E-state index >= 15 is 0 Å². The van der Waals surface area contributed by atoms with Crippen molar-refractivity contribution in [3.8, 4) is 0 Å². The molecule has 7 amide bonds. The van der Waals surface area contributed by atoms with Gasteiger partial charge in [-0.05, 0) is 95.3 Å². The van der Waals surface area contributed by atoms with Crippen molar-refractivity contribution >= 4 is 59.9 Å². The van der Waals surface area contributed by atoms with Crippen LogP contribution < -0.4 is 48.7 Å². The van der Waals surface area contributed by atoms with Crippen LogP contribution in [-0.4, -0.2) is 120 Å². The van der Waals surface area contributed by atoms with Crippen molar-refractivity contribution in [3.63, 3.8) is 0 Å². The molecule has 1 heterocycles. The second-order valence-electron chi connectivity index (χ2n) is 21.3. The van der Waals surface area contributed by atoms with E-state index in [1.165, 1.54) is 20.8 Å². The van der Waals surface area contributed by atoms with Crippen molar-refractivity contribution in [1.29, 1.82) is 0 Å². The molecule has 0 spiro atoms. The summed E-state index contributed by atoms with van der Waals surface area (Å²) < 4.78 is 5.64. The first-order valence-electron chi connectivity index (χ1n) is 25.6. The first-order valence-corrected chi connectivity index (χ1v) is 25.6. The number of carbonyl (C=O) groups is 10. The number of nitrogens with one attached hydrogen (secondary N) is 7. The normalized spacial score (nSPS) is 24.0. The minimum Gasteiger partial charge on any atom is -0.458 e. The second kappa shape index (κ2) is 39.5. The smallest absolute Gasteiger partial charge is 0.328 e. The molecule has 11 N–H and O–H groups in total. The number of aldehydes is 2. The third kappa shape index (κ3) is 34.2. The molecule has 0 aromatic carbocycles. The van der Waals surface area contributed by atoms with Crippen LogP contribution in [0.1, 0.15) is 183 Å². The van der Waals surface area contributed by atoms with Crippen LogP contribution in [0.5, 0.6) is 0 Å². The first-order chi connectivity index (χ1) is 32.9. The average molecular weight is 1040 g/mol. The molecule has 1 fully saturated rings.